The topological polar surface area (TPSA) is 46.2 Å². The first-order chi connectivity index (χ1) is 8.50. The van der Waals surface area contributed by atoms with Crippen LogP contribution < -0.4 is 5.32 Å². The van der Waals surface area contributed by atoms with E-state index >= 15 is 0 Å². The second kappa shape index (κ2) is 5.47. The molecule has 1 aliphatic heterocycles. The van der Waals surface area contributed by atoms with E-state index in [1.54, 1.807) is 0 Å². The lowest BCUT2D eigenvalue weighted by molar-refractivity contribution is -0.124. The standard InChI is InChI=1S/C12H10Cl3NO2/c13-6-4-8(14)10(9(15)5-6)11(17)7-2-1-3-16-12(7)18/h4-5,7H,1-3H2,(H,16,18). The summed E-state index contributed by atoms with van der Waals surface area (Å²) in [6.45, 7) is 0.602. The third-order valence-electron chi connectivity index (χ3n) is 2.86. The summed E-state index contributed by atoms with van der Waals surface area (Å²) in [5.74, 6) is -1.33. The lowest BCUT2D eigenvalue weighted by atomic mass is 9.90. The average Bonchev–Trinajstić information content (AvgIpc) is 2.27. The van der Waals surface area contributed by atoms with Crippen LogP contribution in [0, 0.1) is 5.92 Å². The Labute approximate surface area is 119 Å². The molecule has 0 spiro atoms. The van der Waals surface area contributed by atoms with Gasteiger partial charge in [-0.25, -0.2) is 0 Å². The Balaban J connectivity index is 2.36. The average molecular weight is 307 g/mol. The summed E-state index contributed by atoms with van der Waals surface area (Å²) in [7, 11) is 0. The van der Waals surface area contributed by atoms with Crippen LogP contribution in [-0.2, 0) is 4.79 Å². The molecule has 6 heteroatoms. The molecule has 2 rings (SSSR count). The zero-order chi connectivity index (χ0) is 13.3. The normalized spacial score (nSPS) is 19.5. The second-order valence-corrected chi connectivity index (χ2v) is 5.35. The summed E-state index contributed by atoms with van der Waals surface area (Å²) in [5, 5.41) is 3.37. The van der Waals surface area contributed by atoms with Crippen molar-refractivity contribution in [1.82, 2.24) is 5.32 Å². The highest BCUT2D eigenvalue weighted by atomic mass is 35.5. The summed E-state index contributed by atoms with van der Waals surface area (Å²) in [6, 6.07) is 2.89. The van der Waals surface area contributed by atoms with Gasteiger partial charge in [0.15, 0.2) is 5.78 Å². The SMILES string of the molecule is O=C1NCCCC1C(=O)c1c(Cl)cc(Cl)cc1Cl. The van der Waals surface area contributed by atoms with E-state index in [0.29, 0.717) is 18.0 Å². The molecule has 0 aromatic heterocycles. The van der Waals surface area contributed by atoms with Gasteiger partial charge in [0.1, 0.15) is 5.92 Å². The van der Waals surface area contributed by atoms with Crippen LogP contribution in [0.5, 0.6) is 0 Å². The zero-order valence-corrected chi connectivity index (χ0v) is 11.6. The van der Waals surface area contributed by atoms with Crippen molar-refractivity contribution in [1.29, 1.82) is 0 Å². The summed E-state index contributed by atoms with van der Waals surface area (Å²) >= 11 is 17.7. The predicted molar refractivity (Wildman–Crippen MR) is 71.5 cm³/mol. The van der Waals surface area contributed by atoms with Crippen LogP contribution in [0.2, 0.25) is 15.1 Å². The number of carbonyl (C=O) groups is 2. The molecule has 1 aromatic rings. The quantitative estimate of drug-likeness (QED) is 0.673. The number of rotatable bonds is 2. The number of benzene rings is 1. The number of Topliss-reactive ketones (excluding diaryl/α,β-unsaturated/α-hetero) is 1. The Kier molecular flexibility index (Phi) is 4.15. The molecule has 1 fully saturated rings. The van der Waals surface area contributed by atoms with Crippen LogP contribution in [0.1, 0.15) is 23.2 Å². The van der Waals surface area contributed by atoms with Gasteiger partial charge in [0.25, 0.3) is 0 Å². The highest BCUT2D eigenvalue weighted by molar-refractivity contribution is 6.42. The van der Waals surface area contributed by atoms with Gasteiger partial charge in [0.05, 0.1) is 15.6 Å². The molecule has 0 radical (unpaired) electrons. The second-order valence-electron chi connectivity index (χ2n) is 4.09. The van der Waals surface area contributed by atoms with E-state index < -0.39 is 5.92 Å². The molecule has 0 aliphatic carbocycles. The molecular weight excluding hydrogens is 296 g/mol. The molecule has 1 amide bonds. The first-order valence-corrected chi connectivity index (χ1v) is 6.60. The van der Waals surface area contributed by atoms with Gasteiger partial charge in [-0.05, 0) is 25.0 Å². The van der Waals surface area contributed by atoms with Crippen LogP contribution in [0.4, 0.5) is 0 Å². The Bertz CT molecular complexity index is 493. The number of amides is 1. The van der Waals surface area contributed by atoms with Crippen LogP contribution in [0.15, 0.2) is 12.1 Å². The van der Waals surface area contributed by atoms with E-state index in [-0.39, 0.29) is 27.3 Å². The van der Waals surface area contributed by atoms with E-state index in [4.69, 9.17) is 34.8 Å². The van der Waals surface area contributed by atoms with Crippen molar-refractivity contribution in [3.8, 4) is 0 Å². The Morgan fingerprint density at radius 3 is 2.39 bits per heavy atom. The van der Waals surface area contributed by atoms with Crippen LogP contribution in [0.25, 0.3) is 0 Å². The van der Waals surface area contributed by atoms with Gasteiger partial charge in [-0.3, -0.25) is 9.59 Å². The third kappa shape index (κ3) is 2.63. The molecule has 96 valence electrons. The first kappa shape index (κ1) is 13.7. The summed E-state index contributed by atoms with van der Waals surface area (Å²) in [4.78, 5) is 23.9. The lowest BCUT2D eigenvalue weighted by Gasteiger charge is -2.21. The van der Waals surface area contributed by atoms with Gasteiger partial charge in [-0.2, -0.15) is 0 Å². The van der Waals surface area contributed by atoms with E-state index in [0.717, 1.165) is 6.42 Å². The molecule has 1 atom stereocenters. The highest BCUT2D eigenvalue weighted by Crippen LogP contribution is 2.32. The number of piperidine rings is 1. The van der Waals surface area contributed by atoms with Gasteiger partial charge in [-0.1, -0.05) is 34.8 Å². The van der Waals surface area contributed by atoms with E-state index in [1.165, 1.54) is 12.1 Å². The van der Waals surface area contributed by atoms with Crippen LogP contribution in [-0.4, -0.2) is 18.2 Å². The molecule has 1 unspecified atom stereocenters. The summed E-state index contributed by atoms with van der Waals surface area (Å²) in [6.07, 6.45) is 1.28. The first-order valence-electron chi connectivity index (χ1n) is 5.47. The summed E-state index contributed by atoms with van der Waals surface area (Å²) < 4.78 is 0. The number of nitrogens with one attached hydrogen (secondary N) is 1. The number of carbonyl (C=O) groups excluding carboxylic acids is 2. The maximum absolute atomic E-state index is 12.3. The Hall–Kier alpha value is -0.770. The zero-order valence-electron chi connectivity index (χ0n) is 9.30. The van der Waals surface area contributed by atoms with Crippen molar-refractivity contribution in [2.24, 2.45) is 5.92 Å². The van der Waals surface area contributed by atoms with Crippen molar-refractivity contribution in [3.63, 3.8) is 0 Å². The molecule has 3 nitrogen and oxygen atoms in total. The minimum Gasteiger partial charge on any atom is -0.355 e. The molecule has 1 saturated heterocycles. The molecule has 0 saturated carbocycles. The lowest BCUT2D eigenvalue weighted by Crippen LogP contribution is -2.40. The van der Waals surface area contributed by atoms with Crippen LogP contribution >= 0.6 is 34.8 Å². The Morgan fingerprint density at radius 2 is 1.83 bits per heavy atom. The molecule has 0 bridgehead atoms. The van der Waals surface area contributed by atoms with Crippen molar-refractivity contribution in [2.75, 3.05) is 6.54 Å². The van der Waals surface area contributed by atoms with Gasteiger partial charge < -0.3 is 5.32 Å². The number of ketones is 1. The molecule has 18 heavy (non-hydrogen) atoms. The van der Waals surface area contributed by atoms with Gasteiger partial charge >= 0.3 is 0 Å². The minimum absolute atomic E-state index is 0.171. The molecule has 1 aromatic carbocycles. The van der Waals surface area contributed by atoms with Crippen molar-refractivity contribution in [2.45, 2.75) is 12.8 Å². The molecular formula is C12H10Cl3NO2. The van der Waals surface area contributed by atoms with E-state index in [2.05, 4.69) is 5.32 Å². The number of hydrogen-bond acceptors (Lipinski definition) is 2. The monoisotopic (exact) mass is 305 g/mol. The highest BCUT2D eigenvalue weighted by Gasteiger charge is 2.32. The minimum atomic E-state index is -0.713. The molecule has 1 heterocycles. The van der Waals surface area contributed by atoms with Gasteiger partial charge in [0.2, 0.25) is 5.91 Å². The van der Waals surface area contributed by atoms with Crippen molar-refractivity contribution >= 4 is 46.5 Å². The van der Waals surface area contributed by atoms with Crippen molar-refractivity contribution < 1.29 is 9.59 Å². The van der Waals surface area contributed by atoms with E-state index in [1.807, 2.05) is 0 Å². The Morgan fingerprint density at radius 1 is 1.22 bits per heavy atom. The van der Waals surface area contributed by atoms with E-state index in [9.17, 15) is 9.59 Å². The number of hydrogen-bond donors (Lipinski definition) is 1. The van der Waals surface area contributed by atoms with Gasteiger partial charge in [0, 0.05) is 11.6 Å². The predicted octanol–water partition coefficient (Wildman–Crippen LogP) is 3.36. The molecule has 1 N–H and O–H groups in total. The third-order valence-corrected chi connectivity index (χ3v) is 3.67. The van der Waals surface area contributed by atoms with Crippen molar-refractivity contribution in [3.05, 3.63) is 32.8 Å². The fourth-order valence-electron chi connectivity index (χ4n) is 1.97. The fourth-order valence-corrected chi connectivity index (χ4v) is 2.98. The largest absolute Gasteiger partial charge is 0.355 e. The van der Waals surface area contributed by atoms with Crippen LogP contribution in [0.3, 0.4) is 0 Å². The number of halogens is 3. The molecule has 1 aliphatic rings. The summed E-state index contributed by atoms with van der Waals surface area (Å²) in [5.41, 5.74) is 0.171. The van der Waals surface area contributed by atoms with Gasteiger partial charge in [-0.15, -0.1) is 0 Å². The maximum atomic E-state index is 12.3. The smallest absolute Gasteiger partial charge is 0.230 e. The maximum Gasteiger partial charge on any atom is 0.230 e. The fraction of sp³-hybridized carbons (Fsp3) is 0.333.